The number of hydrogen-bond donors (Lipinski definition) is 2. The van der Waals surface area contributed by atoms with Gasteiger partial charge in [-0.3, -0.25) is 4.79 Å². The molecule has 0 saturated carbocycles. The van der Waals surface area contributed by atoms with Gasteiger partial charge in [-0.1, -0.05) is 24.6 Å². The summed E-state index contributed by atoms with van der Waals surface area (Å²) in [7, 11) is 1.67. The Bertz CT molecular complexity index is 663. The second-order valence-corrected chi connectivity index (χ2v) is 5.77. The molecule has 1 atom stereocenters. The van der Waals surface area contributed by atoms with E-state index in [4.69, 9.17) is 4.74 Å². The topological polar surface area (TPSA) is 50.4 Å². The number of nitrogens with one attached hydrogen (secondary N) is 2. The number of carbonyl (C=O) groups excluding carboxylic acids is 1. The van der Waals surface area contributed by atoms with Crippen molar-refractivity contribution in [3.8, 4) is 5.75 Å². The molecule has 4 nitrogen and oxygen atoms in total. The molecule has 22 heavy (non-hydrogen) atoms. The predicted octanol–water partition coefficient (Wildman–Crippen LogP) is 2.61. The molecule has 3 rings (SSSR count). The zero-order chi connectivity index (χ0) is 15.4. The Morgan fingerprint density at radius 2 is 2.05 bits per heavy atom. The number of amides is 1. The molecule has 1 saturated heterocycles. The Kier molecular flexibility index (Phi) is 4.59. The third-order valence-corrected chi connectivity index (χ3v) is 4.21. The minimum atomic E-state index is -0.0292. The summed E-state index contributed by atoms with van der Waals surface area (Å²) < 4.78 is 5.23. The van der Waals surface area contributed by atoms with E-state index in [0.717, 1.165) is 47.9 Å². The van der Waals surface area contributed by atoms with Crippen LogP contribution in [0.15, 0.2) is 36.4 Å². The number of carbonyl (C=O) groups is 1. The third-order valence-electron chi connectivity index (χ3n) is 4.21. The van der Waals surface area contributed by atoms with Gasteiger partial charge in [-0.25, -0.2) is 0 Å². The first-order chi connectivity index (χ1) is 10.8. The summed E-state index contributed by atoms with van der Waals surface area (Å²) in [6.07, 6.45) is 3.23. The molecule has 2 N–H and O–H groups in total. The van der Waals surface area contributed by atoms with Gasteiger partial charge in [-0.05, 0) is 53.9 Å². The SMILES string of the molecule is COc1ccc2cc(CNC(=O)[C@H]3CCCCN3)ccc2c1. The van der Waals surface area contributed by atoms with E-state index < -0.39 is 0 Å². The molecular weight excluding hydrogens is 276 g/mol. The first kappa shape index (κ1) is 14.9. The first-order valence-electron chi connectivity index (χ1n) is 7.84. The van der Waals surface area contributed by atoms with Gasteiger partial charge in [0.2, 0.25) is 5.91 Å². The van der Waals surface area contributed by atoms with Crippen molar-refractivity contribution in [2.24, 2.45) is 0 Å². The lowest BCUT2D eigenvalue weighted by Crippen LogP contribution is -2.46. The summed E-state index contributed by atoms with van der Waals surface area (Å²) in [5.74, 6) is 0.964. The molecule has 0 aromatic heterocycles. The highest BCUT2D eigenvalue weighted by Crippen LogP contribution is 2.21. The molecule has 2 aromatic rings. The van der Waals surface area contributed by atoms with Crippen LogP contribution in [0.25, 0.3) is 10.8 Å². The van der Waals surface area contributed by atoms with Crippen LogP contribution < -0.4 is 15.4 Å². The van der Waals surface area contributed by atoms with E-state index in [1.165, 1.54) is 0 Å². The largest absolute Gasteiger partial charge is 0.497 e. The number of fused-ring (bicyclic) bond motifs is 1. The van der Waals surface area contributed by atoms with Gasteiger partial charge in [-0.2, -0.15) is 0 Å². The van der Waals surface area contributed by atoms with Crippen molar-refractivity contribution in [1.29, 1.82) is 0 Å². The molecule has 0 radical (unpaired) electrons. The Morgan fingerprint density at radius 1 is 1.23 bits per heavy atom. The molecule has 2 aromatic carbocycles. The highest BCUT2D eigenvalue weighted by atomic mass is 16.5. The summed E-state index contributed by atoms with van der Waals surface area (Å²) in [4.78, 5) is 12.1. The summed E-state index contributed by atoms with van der Waals surface area (Å²) in [6.45, 7) is 1.51. The fourth-order valence-corrected chi connectivity index (χ4v) is 2.90. The maximum Gasteiger partial charge on any atom is 0.237 e. The molecule has 1 amide bonds. The smallest absolute Gasteiger partial charge is 0.237 e. The van der Waals surface area contributed by atoms with Gasteiger partial charge in [0, 0.05) is 6.54 Å². The zero-order valence-electron chi connectivity index (χ0n) is 12.9. The van der Waals surface area contributed by atoms with Crippen molar-refractivity contribution in [1.82, 2.24) is 10.6 Å². The van der Waals surface area contributed by atoms with E-state index in [9.17, 15) is 4.79 Å². The normalized spacial score (nSPS) is 18.1. The fourth-order valence-electron chi connectivity index (χ4n) is 2.90. The van der Waals surface area contributed by atoms with Gasteiger partial charge in [0.25, 0.3) is 0 Å². The molecular formula is C18H22N2O2. The molecule has 0 unspecified atom stereocenters. The van der Waals surface area contributed by atoms with Crippen molar-refractivity contribution in [3.63, 3.8) is 0 Å². The average molecular weight is 298 g/mol. The number of rotatable bonds is 4. The minimum Gasteiger partial charge on any atom is -0.497 e. The Balaban J connectivity index is 1.65. The lowest BCUT2D eigenvalue weighted by molar-refractivity contribution is -0.123. The van der Waals surface area contributed by atoms with Crippen molar-refractivity contribution in [3.05, 3.63) is 42.0 Å². The Hall–Kier alpha value is -2.07. The average Bonchev–Trinajstić information content (AvgIpc) is 2.59. The maximum absolute atomic E-state index is 12.1. The number of hydrogen-bond acceptors (Lipinski definition) is 3. The van der Waals surface area contributed by atoms with E-state index >= 15 is 0 Å². The molecule has 4 heteroatoms. The van der Waals surface area contributed by atoms with E-state index in [1.54, 1.807) is 7.11 Å². The molecule has 0 bridgehead atoms. The third kappa shape index (κ3) is 3.39. The quantitative estimate of drug-likeness (QED) is 0.912. The minimum absolute atomic E-state index is 0.0292. The van der Waals surface area contributed by atoms with Gasteiger partial charge in [0.15, 0.2) is 0 Å². The highest BCUT2D eigenvalue weighted by Gasteiger charge is 2.19. The van der Waals surface area contributed by atoms with Gasteiger partial charge in [-0.15, -0.1) is 0 Å². The number of methoxy groups -OCH3 is 1. The van der Waals surface area contributed by atoms with E-state index in [0.29, 0.717) is 6.54 Å². The van der Waals surface area contributed by atoms with E-state index in [1.807, 2.05) is 18.2 Å². The lowest BCUT2D eigenvalue weighted by Gasteiger charge is -2.22. The van der Waals surface area contributed by atoms with Crippen LogP contribution in [0.5, 0.6) is 5.75 Å². The second kappa shape index (κ2) is 6.79. The molecule has 1 fully saturated rings. The summed E-state index contributed by atoms with van der Waals surface area (Å²) in [6, 6.07) is 12.2. The van der Waals surface area contributed by atoms with Gasteiger partial charge >= 0.3 is 0 Å². The highest BCUT2D eigenvalue weighted by molar-refractivity contribution is 5.85. The predicted molar refractivity (Wildman–Crippen MR) is 88.0 cm³/mol. The van der Waals surface area contributed by atoms with Crippen molar-refractivity contribution < 1.29 is 9.53 Å². The van der Waals surface area contributed by atoms with E-state index in [2.05, 4.69) is 28.8 Å². The summed E-state index contributed by atoms with van der Waals surface area (Å²) in [5, 5.41) is 8.60. The maximum atomic E-state index is 12.1. The van der Waals surface area contributed by atoms with Crippen LogP contribution in [0.1, 0.15) is 24.8 Å². The Labute approximate surface area is 130 Å². The van der Waals surface area contributed by atoms with Gasteiger partial charge in [0.05, 0.1) is 13.2 Å². The van der Waals surface area contributed by atoms with Crippen molar-refractivity contribution in [2.75, 3.05) is 13.7 Å². The van der Waals surface area contributed by atoms with Crippen molar-refractivity contribution in [2.45, 2.75) is 31.8 Å². The van der Waals surface area contributed by atoms with Crippen molar-refractivity contribution >= 4 is 16.7 Å². The molecule has 1 heterocycles. The molecule has 0 aliphatic carbocycles. The number of ether oxygens (including phenoxy) is 1. The zero-order valence-corrected chi connectivity index (χ0v) is 12.9. The standard InChI is InChI=1S/C18H22N2O2/c1-22-16-8-7-14-10-13(5-6-15(14)11-16)12-20-18(21)17-4-2-3-9-19-17/h5-8,10-11,17,19H,2-4,9,12H2,1H3,(H,20,21)/t17-/m1/s1. The van der Waals surface area contributed by atoms with Crippen LogP contribution in [0.4, 0.5) is 0 Å². The fraction of sp³-hybridized carbons (Fsp3) is 0.389. The lowest BCUT2D eigenvalue weighted by atomic mass is 10.0. The number of piperidine rings is 1. The van der Waals surface area contributed by atoms with E-state index in [-0.39, 0.29) is 11.9 Å². The second-order valence-electron chi connectivity index (χ2n) is 5.77. The molecule has 1 aliphatic rings. The Morgan fingerprint density at radius 3 is 2.82 bits per heavy atom. The van der Waals surface area contributed by atoms with Crippen LogP contribution in [0.3, 0.4) is 0 Å². The first-order valence-corrected chi connectivity index (χ1v) is 7.84. The van der Waals surface area contributed by atoms with Crippen LogP contribution in [-0.2, 0) is 11.3 Å². The van der Waals surface area contributed by atoms with Gasteiger partial charge < -0.3 is 15.4 Å². The molecule has 116 valence electrons. The number of benzene rings is 2. The molecule has 0 spiro atoms. The van der Waals surface area contributed by atoms with Crippen LogP contribution in [0.2, 0.25) is 0 Å². The summed E-state index contributed by atoms with van der Waals surface area (Å²) >= 11 is 0. The van der Waals surface area contributed by atoms with Crippen LogP contribution >= 0.6 is 0 Å². The van der Waals surface area contributed by atoms with Gasteiger partial charge in [0.1, 0.15) is 5.75 Å². The monoisotopic (exact) mass is 298 g/mol. The van der Waals surface area contributed by atoms with Crippen LogP contribution in [0, 0.1) is 0 Å². The summed E-state index contributed by atoms with van der Waals surface area (Å²) in [5.41, 5.74) is 1.11. The molecule has 1 aliphatic heterocycles. The van der Waals surface area contributed by atoms with Crippen LogP contribution in [-0.4, -0.2) is 25.6 Å².